The Balaban J connectivity index is 1.94. The van der Waals surface area contributed by atoms with Crippen LogP contribution >= 0.6 is 0 Å². The first-order valence-electron chi connectivity index (χ1n) is 6.57. The minimum atomic E-state index is -0.348. The number of aromatic nitrogens is 2. The lowest BCUT2D eigenvalue weighted by Crippen LogP contribution is -2.06. The van der Waals surface area contributed by atoms with E-state index in [0.717, 1.165) is 5.69 Å². The maximum Gasteiger partial charge on any atom is 0.213 e. The number of hydrogen-bond acceptors (Lipinski definition) is 2. The van der Waals surface area contributed by atoms with Crippen LogP contribution in [0.4, 0.5) is 4.39 Å². The van der Waals surface area contributed by atoms with E-state index in [9.17, 15) is 9.18 Å². The van der Waals surface area contributed by atoms with Crippen molar-refractivity contribution in [2.24, 2.45) is 0 Å². The van der Waals surface area contributed by atoms with E-state index < -0.39 is 0 Å². The van der Waals surface area contributed by atoms with Crippen molar-refractivity contribution in [3.05, 3.63) is 83.4 Å². The van der Waals surface area contributed by atoms with Crippen LogP contribution in [0.1, 0.15) is 21.6 Å². The Morgan fingerprint density at radius 2 is 1.86 bits per heavy atom. The highest BCUT2D eigenvalue weighted by molar-refractivity contribution is 6.08. The van der Waals surface area contributed by atoms with Crippen molar-refractivity contribution in [3.63, 3.8) is 0 Å². The van der Waals surface area contributed by atoms with E-state index in [0.29, 0.717) is 16.8 Å². The molecule has 0 atom stereocenters. The summed E-state index contributed by atoms with van der Waals surface area (Å²) >= 11 is 0. The first-order chi connectivity index (χ1) is 10.1. The van der Waals surface area contributed by atoms with Crippen LogP contribution in [-0.4, -0.2) is 15.6 Å². The summed E-state index contributed by atoms with van der Waals surface area (Å²) in [5.41, 5.74) is 2.30. The van der Waals surface area contributed by atoms with E-state index in [-0.39, 0.29) is 11.6 Å². The summed E-state index contributed by atoms with van der Waals surface area (Å²) in [6, 6.07) is 15.3. The fraction of sp³-hybridized carbons (Fsp3) is 0.0588. The molecule has 4 heteroatoms. The van der Waals surface area contributed by atoms with Crippen LogP contribution in [-0.2, 0) is 0 Å². The average Bonchev–Trinajstić information content (AvgIpc) is 2.97. The van der Waals surface area contributed by atoms with Gasteiger partial charge >= 0.3 is 0 Å². The highest BCUT2D eigenvalue weighted by Gasteiger charge is 2.15. The molecule has 3 rings (SSSR count). The fourth-order valence-electron chi connectivity index (χ4n) is 2.19. The second kappa shape index (κ2) is 5.32. The normalized spacial score (nSPS) is 10.6. The van der Waals surface area contributed by atoms with Crippen LogP contribution < -0.4 is 0 Å². The third kappa shape index (κ3) is 2.60. The lowest BCUT2D eigenvalue weighted by molar-refractivity contribution is 0.103. The maximum atomic E-state index is 13.1. The van der Waals surface area contributed by atoms with Crippen molar-refractivity contribution in [1.29, 1.82) is 0 Å². The standard InChI is InChI=1S/C17H13FN2O/c1-12-11-13(18)7-8-15(12)17(21)16-9-10-20(19-16)14-5-3-2-4-6-14/h2-11H,1H3. The number of carbonyl (C=O) groups is 1. The van der Waals surface area contributed by atoms with Gasteiger partial charge in [-0.1, -0.05) is 18.2 Å². The number of ketones is 1. The molecule has 1 heterocycles. The molecule has 3 aromatic rings. The summed E-state index contributed by atoms with van der Waals surface area (Å²) < 4.78 is 14.8. The average molecular weight is 280 g/mol. The summed E-state index contributed by atoms with van der Waals surface area (Å²) in [5, 5.41) is 4.29. The Hall–Kier alpha value is -2.75. The molecule has 0 aliphatic heterocycles. The van der Waals surface area contributed by atoms with E-state index >= 15 is 0 Å². The number of benzene rings is 2. The minimum Gasteiger partial charge on any atom is -0.287 e. The van der Waals surface area contributed by atoms with Crippen molar-refractivity contribution in [2.45, 2.75) is 6.92 Å². The smallest absolute Gasteiger partial charge is 0.213 e. The molecule has 0 saturated carbocycles. The third-order valence-electron chi connectivity index (χ3n) is 3.28. The number of nitrogens with zero attached hydrogens (tertiary/aromatic N) is 2. The topological polar surface area (TPSA) is 34.9 Å². The molecule has 0 bridgehead atoms. The molecule has 104 valence electrons. The van der Waals surface area contributed by atoms with Crippen molar-refractivity contribution in [1.82, 2.24) is 9.78 Å². The first-order valence-corrected chi connectivity index (χ1v) is 6.57. The zero-order valence-corrected chi connectivity index (χ0v) is 11.5. The van der Waals surface area contributed by atoms with Crippen molar-refractivity contribution in [3.8, 4) is 5.69 Å². The quantitative estimate of drug-likeness (QED) is 0.688. The molecule has 0 saturated heterocycles. The van der Waals surface area contributed by atoms with Gasteiger partial charge in [0.1, 0.15) is 11.5 Å². The van der Waals surface area contributed by atoms with Gasteiger partial charge in [-0.3, -0.25) is 4.79 Å². The molecule has 3 nitrogen and oxygen atoms in total. The summed E-state index contributed by atoms with van der Waals surface area (Å²) in [4.78, 5) is 12.4. The Bertz CT molecular complexity index is 794. The van der Waals surface area contributed by atoms with Gasteiger partial charge in [0.25, 0.3) is 0 Å². The molecular formula is C17H13FN2O. The van der Waals surface area contributed by atoms with E-state index in [4.69, 9.17) is 0 Å². The summed E-state index contributed by atoms with van der Waals surface area (Å²) in [7, 11) is 0. The summed E-state index contributed by atoms with van der Waals surface area (Å²) in [5.74, 6) is -0.555. The Morgan fingerprint density at radius 1 is 1.10 bits per heavy atom. The van der Waals surface area contributed by atoms with Gasteiger partial charge in [0.05, 0.1) is 5.69 Å². The number of rotatable bonds is 3. The molecule has 0 radical (unpaired) electrons. The molecule has 0 fully saturated rings. The van der Waals surface area contributed by atoms with Gasteiger partial charge in [0, 0.05) is 11.8 Å². The van der Waals surface area contributed by atoms with E-state index in [1.54, 1.807) is 23.9 Å². The Kier molecular flexibility index (Phi) is 3.36. The second-order valence-corrected chi connectivity index (χ2v) is 4.77. The van der Waals surface area contributed by atoms with Gasteiger partial charge in [-0.15, -0.1) is 0 Å². The van der Waals surface area contributed by atoms with Gasteiger partial charge in [0.2, 0.25) is 5.78 Å². The van der Waals surface area contributed by atoms with Crippen LogP contribution in [0.5, 0.6) is 0 Å². The number of carbonyl (C=O) groups excluding carboxylic acids is 1. The van der Waals surface area contributed by atoms with Crippen molar-refractivity contribution >= 4 is 5.78 Å². The molecule has 0 unspecified atom stereocenters. The molecule has 0 aliphatic carbocycles. The van der Waals surface area contributed by atoms with Gasteiger partial charge in [-0.05, 0) is 48.9 Å². The van der Waals surface area contributed by atoms with E-state index in [1.807, 2.05) is 30.3 Å². The van der Waals surface area contributed by atoms with Crippen molar-refractivity contribution < 1.29 is 9.18 Å². The summed E-state index contributed by atoms with van der Waals surface area (Å²) in [6.45, 7) is 1.71. The lowest BCUT2D eigenvalue weighted by atomic mass is 10.0. The van der Waals surface area contributed by atoms with Crippen LogP contribution in [0.3, 0.4) is 0 Å². The predicted molar refractivity (Wildman–Crippen MR) is 78.1 cm³/mol. The summed E-state index contributed by atoms with van der Waals surface area (Å²) in [6.07, 6.45) is 1.74. The molecule has 21 heavy (non-hydrogen) atoms. The zero-order chi connectivity index (χ0) is 14.8. The minimum absolute atomic E-state index is 0.206. The number of halogens is 1. The molecule has 0 spiro atoms. The Morgan fingerprint density at radius 3 is 2.57 bits per heavy atom. The van der Waals surface area contributed by atoms with E-state index in [2.05, 4.69) is 5.10 Å². The number of aryl methyl sites for hydroxylation is 1. The van der Waals surface area contributed by atoms with E-state index in [1.165, 1.54) is 18.2 Å². The molecular weight excluding hydrogens is 267 g/mol. The SMILES string of the molecule is Cc1cc(F)ccc1C(=O)c1ccn(-c2ccccc2)n1. The molecule has 0 amide bonds. The van der Waals surface area contributed by atoms with Gasteiger partial charge in [-0.25, -0.2) is 9.07 Å². The highest BCUT2D eigenvalue weighted by atomic mass is 19.1. The predicted octanol–water partition coefficient (Wildman–Crippen LogP) is 3.55. The number of para-hydroxylation sites is 1. The van der Waals surface area contributed by atoms with Crippen molar-refractivity contribution in [2.75, 3.05) is 0 Å². The third-order valence-corrected chi connectivity index (χ3v) is 3.28. The lowest BCUT2D eigenvalue weighted by Gasteiger charge is -2.03. The Labute approximate surface area is 121 Å². The zero-order valence-electron chi connectivity index (χ0n) is 11.5. The van der Waals surface area contributed by atoms with Crippen LogP contribution in [0.25, 0.3) is 5.69 Å². The molecule has 1 aromatic heterocycles. The molecule has 0 aliphatic rings. The molecule has 2 aromatic carbocycles. The largest absolute Gasteiger partial charge is 0.287 e. The fourth-order valence-corrected chi connectivity index (χ4v) is 2.19. The first kappa shape index (κ1) is 13.2. The maximum absolute atomic E-state index is 13.1. The monoisotopic (exact) mass is 280 g/mol. The van der Waals surface area contributed by atoms with Crippen LogP contribution in [0.2, 0.25) is 0 Å². The van der Waals surface area contributed by atoms with Crippen LogP contribution in [0, 0.1) is 12.7 Å². The van der Waals surface area contributed by atoms with Gasteiger partial charge < -0.3 is 0 Å². The highest BCUT2D eigenvalue weighted by Crippen LogP contribution is 2.15. The van der Waals surface area contributed by atoms with Crippen LogP contribution in [0.15, 0.2) is 60.8 Å². The number of hydrogen-bond donors (Lipinski definition) is 0. The van der Waals surface area contributed by atoms with Gasteiger partial charge in [-0.2, -0.15) is 5.10 Å². The molecule has 0 N–H and O–H groups in total. The second-order valence-electron chi connectivity index (χ2n) is 4.77. The van der Waals surface area contributed by atoms with Gasteiger partial charge in [0.15, 0.2) is 0 Å².